The molecule has 2 fully saturated rings. The van der Waals surface area contributed by atoms with Crippen molar-refractivity contribution in [1.82, 2.24) is 29.9 Å². The van der Waals surface area contributed by atoms with Crippen LogP contribution in [0.25, 0.3) is 0 Å². The molecule has 0 unspecified atom stereocenters. The van der Waals surface area contributed by atoms with Gasteiger partial charge in [0, 0.05) is 80.5 Å². The Bertz CT molecular complexity index is 2770. The average Bonchev–Trinajstić information content (AvgIpc) is 3.34. The van der Waals surface area contributed by atoms with Crippen molar-refractivity contribution in [2.24, 2.45) is 0 Å². The van der Waals surface area contributed by atoms with Crippen molar-refractivity contribution >= 4 is 64.0 Å². The lowest BCUT2D eigenvalue weighted by atomic mass is 9.88. The van der Waals surface area contributed by atoms with E-state index in [1.165, 1.54) is 18.2 Å². The number of benzene rings is 4. The molecule has 8 rings (SSSR count). The van der Waals surface area contributed by atoms with Crippen LogP contribution in [0.2, 0.25) is 0 Å². The smallest absolute Gasteiger partial charge is 0.232 e. The molecule has 328 valence electrons. The second kappa shape index (κ2) is 19.9. The summed E-state index contributed by atoms with van der Waals surface area (Å²) in [5.74, 6) is 1.74. The molecule has 2 saturated heterocycles. The second-order valence-electron chi connectivity index (χ2n) is 16.1. The van der Waals surface area contributed by atoms with Gasteiger partial charge in [-0.05, 0) is 116 Å². The van der Waals surface area contributed by atoms with Gasteiger partial charge in [-0.2, -0.15) is 20.5 Å². The number of aryl methyl sites for hydroxylation is 1. The van der Waals surface area contributed by atoms with E-state index in [9.17, 15) is 14.9 Å². The first-order valence-corrected chi connectivity index (χ1v) is 21.6. The Morgan fingerprint density at radius 2 is 1.12 bits per heavy atom. The zero-order chi connectivity index (χ0) is 45.3. The van der Waals surface area contributed by atoms with Crippen LogP contribution in [0.5, 0.6) is 0 Å². The zero-order valence-corrected chi connectivity index (χ0v) is 36.5. The van der Waals surface area contributed by atoms with Crippen LogP contribution in [0.3, 0.4) is 0 Å². The fraction of sp³-hybridized carbons (Fsp3) is 0.292. The number of hydrogen-bond acceptors (Lipinski definition) is 15. The summed E-state index contributed by atoms with van der Waals surface area (Å²) in [6.45, 7) is 10.3. The van der Waals surface area contributed by atoms with Gasteiger partial charge < -0.3 is 36.0 Å². The van der Waals surface area contributed by atoms with Crippen molar-refractivity contribution in [1.29, 1.82) is 10.5 Å². The summed E-state index contributed by atoms with van der Waals surface area (Å²) in [6.07, 6.45) is 4.83. The largest absolute Gasteiger partial charge is 0.368 e. The molecular weight excluding hydrogens is 819 g/mol. The van der Waals surface area contributed by atoms with Gasteiger partial charge in [0.05, 0.1) is 23.3 Å². The van der Waals surface area contributed by atoms with E-state index in [-0.39, 0.29) is 24.7 Å². The van der Waals surface area contributed by atoms with Gasteiger partial charge in [0.25, 0.3) is 0 Å². The van der Waals surface area contributed by atoms with Gasteiger partial charge in [-0.1, -0.05) is 24.3 Å². The van der Waals surface area contributed by atoms with Gasteiger partial charge in [-0.3, -0.25) is 9.59 Å². The summed E-state index contributed by atoms with van der Waals surface area (Å²) in [5, 5.41) is 30.9. The zero-order valence-electron chi connectivity index (χ0n) is 36.5. The number of carbonyl (C=O) groups excluding carboxylic acids is 2. The van der Waals surface area contributed by atoms with E-state index in [1.807, 2.05) is 87.5 Å². The maximum absolute atomic E-state index is 13.1. The monoisotopic (exact) mass is 867 g/mol. The van der Waals surface area contributed by atoms with Crippen LogP contribution in [0.4, 0.5) is 52.2 Å². The van der Waals surface area contributed by atoms with Gasteiger partial charge in [0.1, 0.15) is 12.7 Å². The first-order valence-electron chi connectivity index (χ1n) is 21.6. The number of hydrogen-bond donors (Lipinski definition) is 4. The van der Waals surface area contributed by atoms with Crippen LogP contribution >= 0.6 is 0 Å². The Labute approximate surface area is 377 Å². The van der Waals surface area contributed by atoms with Crippen LogP contribution in [0.15, 0.2) is 91.5 Å². The highest BCUT2D eigenvalue weighted by atomic mass is 16.2. The third-order valence-electron chi connectivity index (χ3n) is 12.0. The lowest BCUT2D eigenvalue weighted by Crippen LogP contribution is -2.47. The van der Waals surface area contributed by atoms with E-state index in [1.54, 1.807) is 0 Å². The lowest BCUT2D eigenvalue weighted by Gasteiger charge is -2.36. The average molecular weight is 868 g/mol. The molecule has 2 aliphatic rings. The van der Waals surface area contributed by atoms with Crippen LogP contribution in [-0.2, 0) is 9.59 Å². The van der Waals surface area contributed by atoms with E-state index >= 15 is 0 Å². The third-order valence-corrected chi connectivity index (χ3v) is 12.0. The first-order chi connectivity index (χ1) is 31.6. The summed E-state index contributed by atoms with van der Waals surface area (Å²) < 4.78 is 0. The minimum absolute atomic E-state index is 0.0203. The van der Waals surface area contributed by atoms with Crippen LogP contribution < -0.4 is 36.0 Å². The SMILES string of the molecule is Cc1cc(C2CCN(c3ncnc(Nc4cccc(NC(=O)CCC(=O)Nc5cccc(Nc6ncnc(N7CCN(c8ccc(C#N)cc8)CC7)n6)c5C)c4C)n3)CC2)ccc1C#N. The normalized spacial score (nSPS) is 14.0. The van der Waals surface area contributed by atoms with Crippen LogP contribution in [0, 0.1) is 43.4 Å². The molecule has 4 N–H and O–H groups in total. The fourth-order valence-electron chi connectivity index (χ4n) is 8.10. The standard InChI is InChI=1S/C48H49N15O2/c1-31-26-36(12-13-37(31)28-50)35-18-20-62(21-19-35)47-53-29-51-45(59-47)57-41-8-4-6-39(32(41)2)55-43(64)16-17-44(65)56-40-7-5-9-42(33(40)3)58-46-52-30-54-48(60-46)63-24-22-61(23-25-63)38-14-10-34(27-49)11-15-38/h4-15,26,29-30,35H,16-25H2,1-3H3,(H,55,64)(H,56,65)(H,51,53,57,59)(H,52,54,58,60). The molecule has 6 aromatic rings. The quantitative estimate of drug-likeness (QED) is 0.0897. The molecule has 2 aliphatic heterocycles. The summed E-state index contributed by atoms with van der Waals surface area (Å²) in [4.78, 5) is 59.8. The minimum atomic E-state index is -0.297. The van der Waals surface area contributed by atoms with Crippen molar-refractivity contribution in [3.05, 3.63) is 125 Å². The van der Waals surface area contributed by atoms with Gasteiger partial charge in [0.15, 0.2) is 0 Å². The number of amides is 2. The maximum Gasteiger partial charge on any atom is 0.232 e. The number of nitrogens with one attached hydrogen (secondary N) is 4. The maximum atomic E-state index is 13.1. The topological polar surface area (TPSA) is 217 Å². The summed E-state index contributed by atoms with van der Waals surface area (Å²) in [5.41, 5.74) is 8.91. The van der Waals surface area contributed by atoms with Crippen molar-refractivity contribution in [2.75, 3.05) is 75.2 Å². The van der Waals surface area contributed by atoms with E-state index < -0.39 is 0 Å². The number of carbonyl (C=O) groups is 2. The van der Waals surface area contributed by atoms with Crippen molar-refractivity contribution in [3.8, 4) is 12.1 Å². The van der Waals surface area contributed by atoms with E-state index in [2.05, 4.69) is 85.2 Å². The van der Waals surface area contributed by atoms with E-state index in [0.717, 1.165) is 85.9 Å². The molecule has 2 aromatic heterocycles. The molecule has 0 atom stereocenters. The molecular formula is C48H49N15O2. The highest BCUT2D eigenvalue weighted by Crippen LogP contribution is 2.32. The number of nitrogens with zero attached hydrogens (tertiary/aromatic N) is 11. The molecule has 0 saturated carbocycles. The number of nitriles is 2. The Morgan fingerprint density at radius 3 is 1.63 bits per heavy atom. The Morgan fingerprint density at radius 1 is 0.615 bits per heavy atom. The molecule has 65 heavy (non-hydrogen) atoms. The second-order valence-corrected chi connectivity index (χ2v) is 16.1. The molecule has 0 spiro atoms. The molecule has 0 radical (unpaired) electrons. The fourth-order valence-corrected chi connectivity index (χ4v) is 8.10. The van der Waals surface area contributed by atoms with Gasteiger partial charge in [-0.25, -0.2) is 19.9 Å². The van der Waals surface area contributed by atoms with Gasteiger partial charge >= 0.3 is 0 Å². The number of aromatic nitrogens is 6. The molecule has 0 bridgehead atoms. The number of piperazine rings is 1. The predicted molar refractivity (Wildman–Crippen MR) is 251 cm³/mol. The Balaban J connectivity index is 0.807. The van der Waals surface area contributed by atoms with E-state index in [0.29, 0.717) is 52.2 Å². The highest BCUT2D eigenvalue weighted by molar-refractivity contribution is 5.98. The highest BCUT2D eigenvalue weighted by Gasteiger charge is 2.24. The van der Waals surface area contributed by atoms with Crippen LogP contribution in [-0.4, -0.2) is 81.0 Å². The molecule has 4 heterocycles. The van der Waals surface area contributed by atoms with Crippen molar-refractivity contribution in [2.45, 2.75) is 52.4 Å². The van der Waals surface area contributed by atoms with Crippen molar-refractivity contribution in [3.63, 3.8) is 0 Å². The number of rotatable bonds is 13. The summed E-state index contributed by atoms with van der Waals surface area (Å²) >= 11 is 0. The third kappa shape index (κ3) is 10.5. The Kier molecular flexibility index (Phi) is 13.3. The number of piperidine rings is 1. The summed E-state index contributed by atoms with van der Waals surface area (Å²) in [7, 11) is 0. The molecule has 17 heteroatoms. The first kappa shape index (κ1) is 43.5. The van der Waals surface area contributed by atoms with E-state index in [4.69, 9.17) is 10.2 Å². The minimum Gasteiger partial charge on any atom is -0.368 e. The summed E-state index contributed by atoms with van der Waals surface area (Å²) in [6, 6.07) is 29.2. The van der Waals surface area contributed by atoms with Gasteiger partial charge in [-0.15, -0.1) is 0 Å². The van der Waals surface area contributed by atoms with Gasteiger partial charge in [0.2, 0.25) is 35.6 Å². The predicted octanol–water partition coefficient (Wildman–Crippen LogP) is 7.28. The molecule has 4 aromatic carbocycles. The molecule has 17 nitrogen and oxygen atoms in total. The van der Waals surface area contributed by atoms with Crippen LogP contribution in [0.1, 0.15) is 65.0 Å². The Hall–Kier alpha value is -8.18. The van der Waals surface area contributed by atoms with Crippen molar-refractivity contribution < 1.29 is 9.59 Å². The lowest BCUT2D eigenvalue weighted by molar-refractivity contribution is -0.121. The molecule has 2 amide bonds. The number of anilines is 9. The molecule has 0 aliphatic carbocycles.